The minimum Gasteiger partial charge on any atom is -0.393 e. The highest BCUT2D eigenvalue weighted by Gasteiger charge is 2.32. The van der Waals surface area contributed by atoms with Crippen LogP contribution in [0.1, 0.15) is 13.3 Å². The molecule has 0 saturated carbocycles. The van der Waals surface area contributed by atoms with E-state index in [2.05, 4.69) is 5.32 Å². The lowest BCUT2D eigenvalue weighted by atomic mass is 10.1. The molecule has 0 bridgehead atoms. The van der Waals surface area contributed by atoms with Gasteiger partial charge in [-0.15, -0.1) is 0 Å². The van der Waals surface area contributed by atoms with Crippen LogP contribution in [-0.4, -0.2) is 37.4 Å². The Kier molecular flexibility index (Phi) is 4.26. The molecule has 1 fully saturated rings. The Bertz CT molecular complexity index is 392. The van der Waals surface area contributed by atoms with Gasteiger partial charge in [-0.1, -0.05) is 19.1 Å². The van der Waals surface area contributed by atoms with Gasteiger partial charge in [-0.2, -0.15) is 0 Å². The predicted octanol–water partition coefficient (Wildman–Crippen LogP) is -0.540. The molecule has 5 nitrogen and oxygen atoms in total. The lowest BCUT2D eigenvalue weighted by Gasteiger charge is -2.13. The second-order valence-electron chi connectivity index (χ2n) is 4.15. The summed E-state index contributed by atoms with van der Waals surface area (Å²) in [6, 6.07) is 0. The van der Waals surface area contributed by atoms with E-state index in [4.69, 9.17) is 18.0 Å². The highest BCUT2D eigenvalue weighted by Crippen LogP contribution is 2.18. The van der Waals surface area contributed by atoms with Crippen LogP contribution in [0.5, 0.6) is 0 Å². The maximum atomic E-state index is 11.6. The first-order valence-electron chi connectivity index (χ1n) is 5.09. The van der Waals surface area contributed by atoms with Crippen LogP contribution in [0.2, 0.25) is 0 Å². The Balaban J connectivity index is 2.40. The maximum absolute atomic E-state index is 11.6. The molecule has 1 aliphatic rings. The van der Waals surface area contributed by atoms with Crippen LogP contribution >= 0.6 is 12.2 Å². The predicted molar refractivity (Wildman–Crippen MR) is 65.7 cm³/mol. The molecule has 92 valence electrons. The van der Waals surface area contributed by atoms with Crippen molar-refractivity contribution >= 4 is 33.0 Å². The van der Waals surface area contributed by atoms with Gasteiger partial charge >= 0.3 is 0 Å². The summed E-state index contributed by atoms with van der Waals surface area (Å²) in [6.45, 7) is 2.18. The van der Waals surface area contributed by atoms with Crippen molar-refractivity contribution in [2.75, 3.05) is 18.1 Å². The van der Waals surface area contributed by atoms with E-state index in [1.807, 2.05) is 6.92 Å². The first-order valence-corrected chi connectivity index (χ1v) is 7.32. The number of thiocarbonyl (C=S) groups is 1. The van der Waals surface area contributed by atoms with Crippen molar-refractivity contribution in [2.24, 2.45) is 17.6 Å². The van der Waals surface area contributed by atoms with Crippen LogP contribution in [0.4, 0.5) is 0 Å². The number of hydrogen-bond donors (Lipinski definition) is 2. The Morgan fingerprint density at radius 1 is 1.62 bits per heavy atom. The standard InChI is InChI=1S/C9H16N2O3S2/c1-6(8(10)15)4-11-9(12)7-2-3-16(13,14)5-7/h6-7H,2-5H2,1H3,(H2,10,15)(H,11,12). The molecule has 2 unspecified atom stereocenters. The van der Waals surface area contributed by atoms with Crippen LogP contribution in [0.15, 0.2) is 0 Å². The fourth-order valence-electron chi connectivity index (χ4n) is 1.50. The molecule has 1 heterocycles. The number of carbonyl (C=O) groups is 1. The van der Waals surface area contributed by atoms with Gasteiger partial charge in [0.1, 0.15) is 0 Å². The highest BCUT2D eigenvalue weighted by molar-refractivity contribution is 7.91. The first-order chi connectivity index (χ1) is 7.32. The number of carbonyl (C=O) groups excluding carboxylic acids is 1. The van der Waals surface area contributed by atoms with Crippen molar-refractivity contribution < 1.29 is 13.2 Å². The van der Waals surface area contributed by atoms with E-state index in [1.165, 1.54) is 0 Å². The average Bonchev–Trinajstić information content (AvgIpc) is 2.54. The maximum Gasteiger partial charge on any atom is 0.224 e. The second-order valence-corrected chi connectivity index (χ2v) is 6.85. The van der Waals surface area contributed by atoms with Crippen LogP contribution in [-0.2, 0) is 14.6 Å². The fourth-order valence-corrected chi connectivity index (χ4v) is 3.33. The molecular formula is C9H16N2O3S2. The molecule has 16 heavy (non-hydrogen) atoms. The monoisotopic (exact) mass is 264 g/mol. The minimum absolute atomic E-state index is 0.0414. The molecule has 0 radical (unpaired) electrons. The molecule has 7 heteroatoms. The summed E-state index contributed by atoms with van der Waals surface area (Å²) in [5, 5.41) is 2.67. The third-order valence-electron chi connectivity index (χ3n) is 2.67. The molecule has 0 aromatic rings. The van der Waals surface area contributed by atoms with Crippen molar-refractivity contribution in [1.82, 2.24) is 5.32 Å². The van der Waals surface area contributed by atoms with Crippen molar-refractivity contribution in [3.8, 4) is 0 Å². The molecule has 1 rings (SSSR count). The first kappa shape index (κ1) is 13.4. The van der Waals surface area contributed by atoms with Gasteiger partial charge in [0, 0.05) is 12.5 Å². The van der Waals surface area contributed by atoms with Gasteiger partial charge in [-0.25, -0.2) is 8.42 Å². The number of sulfone groups is 1. The Labute approximate surface area is 101 Å². The third-order valence-corrected chi connectivity index (χ3v) is 4.84. The summed E-state index contributed by atoms with van der Waals surface area (Å²) >= 11 is 4.77. The van der Waals surface area contributed by atoms with Gasteiger partial charge in [0.15, 0.2) is 9.84 Å². The molecular weight excluding hydrogens is 248 g/mol. The largest absolute Gasteiger partial charge is 0.393 e. The zero-order valence-corrected chi connectivity index (χ0v) is 10.7. The molecule has 0 aromatic carbocycles. The van der Waals surface area contributed by atoms with E-state index in [0.29, 0.717) is 18.0 Å². The quantitative estimate of drug-likeness (QED) is 0.666. The van der Waals surface area contributed by atoms with Crippen LogP contribution in [0.25, 0.3) is 0 Å². The summed E-state index contributed by atoms with van der Waals surface area (Å²) in [6.07, 6.45) is 0.412. The number of nitrogens with two attached hydrogens (primary N) is 1. The van der Waals surface area contributed by atoms with Crippen molar-refractivity contribution in [1.29, 1.82) is 0 Å². The average molecular weight is 264 g/mol. The summed E-state index contributed by atoms with van der Waals surface area (Å²) in [4.78, 5) is 11.9. The lowest BCUT2D eigenvalue weighted by Crippen LogP contribution is -2.37. The smallest absolute Gasteiger partial charge is 0.224 e. The minimum atomic E-state index is -3.01. The fraction of sp³-hybridized carbons (Fsp3) is 0.778. The molecule has 0 aliphatic carbocycles. The Morgan fingerprint density at radius 3 is 2.69 bits per heavy atom. The van der Waals surface area contributed by atoms with Gasteiger partial charge in [0.25, 0.3) is 0 Å². The van der Waals surface area contributed by atoms with Crippen LogP contribution in [0.3, 0.4) is 0 Å². The topological polar surface area (TPSA) is 89.3 Å². The molecule has 0 aromatic heterocycles. The zero-order valence-electron chi connectivity index (χ0n) is 9.10. The third kappa shape index (κ3) is 3.71. The molecule has 3 N–H and O–H groups in total. The van der Waals surface area contributed by atoms with Crippen LogP contribution in [0, 0.1) is 11.8 Å². The van der Waals surface area contributed by atoms with E-state index in [0.717, 1.165) is 0 Å². The van der Waals surface area contributed by atoms with Gasteiger partial charge < -0.3 is 11.1 Å². The van der Waals surface area contributed by atoms with Crippen molar-refractivity contribution in [2.45, 2.75) is 13.3 Å². The summed E-state index contributed by atoms with van der Waals surface area (Å²) in [5.41, 5.74) is 5.40. The number of rotatable bonds is 4. The van der Waals surface area contributed by atoms with E-state index in [-0.39, 0.29) is 23.3 Å². The summed E-state index contributed by atoms with van der Waals surface area (Å²) in [7, 11) is -3.01. The van der Waals surface area contributed by atoms with Gasteiger partial charge in [0.2, 0.25) is 5.91 Å². The summed E-state index contributed by atoms with van der Waals surface area (Å²) in [5.74, 6) is -0.638. The zero-order chi connectivity index (χ0) is 12.3. The lowest BCUT2D eigenvalue weighted by molar-refractivity contribution is -0.124. The van der Waals surface area contributed by atoms with Gasteiger partial charge in [-0.05, 0) is 6.42 Å². The number of nitrogens with one attached hydrogen (secondary N) is 1. The van der Waals surface area contributed by atoms with Gasteiger partial charge in [-0.3, -0.25) is 4.79 Å². The van der Waals surface area contributed by atoms with E-state index < -0.39 is 15.8 Å². The van der Waals surface area contributed by atoms with E-state index in [1.54, 1.807) is 0 Å². The van der Waals surface area contributed by atoms with Crippen molar-refractivity contribution in [3.63, 3.8) is 0 Å². The Morgan fingerprint density at radius 2 is 2.25 bits per heavy atom. The van der Waals surface area contributed by atoms with E-state index in [9.17, 15) is 13.2 Å². The summed E-state index contributed by atoms with van der Waals surface area (Å²) < 4.78 is 22.3. The second kappa shape index (κ2) is 5.09. The molecule has 1 aliphatic heterocycles. The van der Waals surface area contributed by atoms with Gasteiger partial charge in [0.05, 0.1) is 22.4 Å². The highest BCUT2D eigenvalue weighted by atomic mass is 32.2. The molecule has 1 amide bonds. The Hall–Kier alpha value is -0.690. The number of amides is 1. The normalized spacial score (nSPS) is 24.9. The van der Waals surface area contributed by atoms with E-state index >= 15 is 0 Å². The molecule has 1 saturated heterocycles. The SMILES string of the molecule is CC(CNC(=O)C1CCS(=O)(=O)C1)C(N)=S. The van der Waals surface area contributed by atoms with Crippen LogP contribution < -0.4 is 11.1 Å². The number of hydrogen-bond acceptors (Lipinski definition) is 4. The molecule has 0 spiro atoms. The van der Waals surface area contributed by atoms with Crippen molar-refractivity contribution in [3.05, 3.63) is 0 Å². The molecule has 2 atom stereocenters.